The first-order valence-corrected chi connectivity index (χ1v) is 9.81. The summed E-state index contributed by atoms with van der Waals surface area (Å²) in [7, 11) is 3.05. The van der Waals surface area contributed by atoms with Gasteiger partial charge in [-0.05, 0) is 11.6 Å². The van der Waals surface area contributed by atoms with Gasteiger partial charge in [-0.2, -0.15) is 0 Å². The maximum Gasteiger partial charge on any atom is 0.179 e. The molecule has 0 spiro atoms. The van der Waals surface area contributed by atoms with E-state index in [1.165, 1.54) is 31.4 Å². The molecule has 4 atom stereocenters. The number of methoxy groups -OCH3 is 2. The highest BCUT2D eigenvalue weighted by molar-refractivity contribution is 6.33. The summed E-state index contributed by atoms with van der Waals surface area (Å²) in [6.45, 7) is -0.0960. The third kappa shape index (κ3) is 3.75. The minimum atomic E-state index is -1.24. The highest BCUT2D eigenvalue weighted by Crippen LogP contribution is 2.38. The zero-order valence-electron chi connectivity index (χ0n) is 16.8. The first kappa shape index (κ1) is 21.5. The Bertz CT molecular complexity index is 1080. The number of nitrogens with zero attached hydrogens (tertiary/aromatic N) is 4. The lowest BCUT2D eigenvalue weighted by atomic mass is 10.1. The Balaban J connectivity index is 1.60. The number of ether oxygens (including phenoxy) is 3. The fourth-order valence-corrected chi connectivity index (χ4v) is 3.82. The van der Waals surface area contributed by atoms with Crippen LogP contribution in [0.3, 0.4) is 0 Å². The van der Waals surface area contributed by atoms with Crippen molar-refractivity contribution in [3.05, 3.63) is 35.4 Å². The quantitative estimate of drug-likeness (QED) is 0.405. The van der Waals surface area contributed by atoms with Crippen LogP contribution in [-0.4, -0.2) is 74.0 Å². The van der Waals surface area contributed by atoms with Gasteiger partial charge in [-0.25, -0.2) is 15.0 Å². The average molecular weight is 452 g/mol. The van der Waals surface area contributed by atoms with Crippen LogP contribution in [0, 0.1) is 0 Å². The van der Waals surface area contributed by atoms with E-state index in [0.717, 1.165) is 5.56 Å². The van der Waals surface area contributed by atoms with Crippen molar-refractivity contribution in [2.75, 3.05) is 26.1 Å². The first-order valence-electron chi connectivity index (χ1n) is 9.43. The van der Waals surface area contributed by atoms with Crippen molar-refractivity contribution >= 4 is 28.6 Å². The molecule has 12 heteroatoms. The van der Waals surface area contributed by atoms with Gasteiger partial charge in [0.15, 0.2) is 34.7 Å². The van der Waals surface area contributed by atoms with Crippen LogP contribution in [0.5, 0.6) is 11.5 Å². The minimum absolute atomic E-state index is 0.325. The fraction of sp³-hybridized carbons (Fsp3) is 0.421. The Morgan fingerprint density at radius 1 is 1.16 bits per heavy atom. The SMILES string of the molecule is COc1ccc(CNc2ncnc3c2ncn3[C@@H]2O[C@H](CO)[C@@H](O)[C@H]2O)c(Cl)c1OC. The number of halogens is 1. The summed E-state index contributed by atoms with van der Waals surface area (Å²) in [4.78, 5) is 12.8. The molecule has 4 rings (SSSR count). The number of hydrogen-bond acceptors (Lipinski definition) is 10. The van der Waals surface area contributed by atoms with E-state index in [-0.39, 0.29) is 0 Å². The lowest BCUT2D eigenvalue weighted by molar-refractivity contribution is -0.0511. The van der Waals surface area contributed by atoms with Crippen molar-refractivity contribution in [3.63, 3.8) is 0 Å². The zero-order valence-corrected chi connectivity index (χ0v) is 17.5. The molecule has 1 aliphatic rings. The van der Waals surface area contributed by atoms with Crippen LogP contribution in [-0.2, 0) is 11.3 Å². The summed E-state index contributed by atoms with van der Waals surface area (Å²) in [5.41, 5.74) is 1.59. The largest absolute Gasteiger partial charge is 0.493 e. The lowest BCUT2D eigenvalue weighted by Crippen LogP contribution is -2.33. The molecule has 166 valence electrons. The van der Waals surface area contributed by atoms with Crippen molar-refractivity contribution in [1.29, 1.82) is 0 Å². The number of aromatic nitrogens is 4. The molecule has 0 aliphatic carbocycles. The van der Waals surface area contributed by atoms with Gasteiger partial charge in [-0.15, -0.1) is 0 Å². The summed E-state index contributed by atoms with van der Waals surface area (Å²) in [5, 5.41) is 33.2. The average Bonchev–Trinajstić information content (AvgIpc) is 3.34. The summed E-state index contributed by atoms with van der Waals surface area (Å²) in [5.74, 6) is 1.41. The fourth-order valence-electron chi connectivity index (χ4n) is 3.52. The van der Waals surface area contributed by atoms with Crippen molar-refractivity contribution in [3.8, 4) is 11.5 Å². The predicted molar refractivity (Wildman–Crippen MR) is 110 cm³/mol. The molecule has 31 heavy (non-hydrogen) atoms. The second-order valence-corrected chi connectivity index (χ2v) is 7.28. The van der Waals surface area contributed by atoms with Gasteiger partial charge in [0.25, 0.3) is 0 Å². The molecule has 1 aromatic carbocycles. The van der Waals surface area contributed by atoms with E-state index in [4.69, 9.17) is 25.8 Å². The molecule has 11 nitrogen and oxygen atoms in total. The van der Waals surface area contributed by atoms with Gasteiger partial charge < -0.3 is 34.8 Å². The minimum Gasteiger partial charge on any atom is -0.493 e. The van der Waals surface area contributed by atoms with Crippen molar-refractivity contribution in [2.45, 2.75) is 31.1 Å². The Labute approximate surface area is 182 Å². The van der Waals surface area contributed by atoms with E-state index in [2.05, 4.69) is 20.3 Å². The van der Waals surface area contributed by atoms with Gasteiger partial charge in [0.2, 0.25) is 0 Å². The van der Waals surface area contributed by atoms with E-state index in [0.29, 0.717) is 40.0 Å². The molecular formula is C19H22ClN5O6. The molecule has 1 fully saturated rings. The smallest absolute Gasteiger partial charge is 0.179 e. The van der Waals surface area contributed by atoms with Gasteiger partial charge in [0, 0.05) is 6.54 Å². The number of fused-ring (bicyclic) bond motifs is 1. The maximum atomic E-state index is 10.3. The Hall–Kier alpha value is -2.70. The van der Waals surface area contributed by atoms with Crippen LogP contribution < -0.4 is 14.8 Å². The van der Waals surface area contributed by atoms with Crippen LogP contribution >= 0.6 is 11.6 Å². The number of nitrogens with one attached hydrogen (secondary N) is 1. The lowest BCUT2D eigenvalue weighted by Gasteiger charge is -2.16. The van der Waals surface area contributed by atoms with Crippen LogP contribution in [0.4, 0.5) is 5.82 Å². The molecule has 4 N–H and O–H groups in total. The van der Waals surface area contributed by atoms with Gasteiger partial charge >= 0.3 is 0 Å². The van der Waals surface area contributed by atoms with Crippen molar-refractivity contribution < 1.29 is 29.5 Å². The molecule has 0 amide bonds. The molecule has 1 aliphatic heterocycles. The zero-order chi connectivity index (χ0) is 22.1. The molecule has 3 aromatic rings. The van der Waals surface area contributed by atoms with E-state index in [1.807, 2.05) is 6.07 Å². The standard InChI is InChI=1S/C19H22ClN5O6/c1-29-10-4-3-9(12(20)16(10)30-2)5-21-17-13-18(23-7-22-17)25(8-24-13)19-15(28)14(27)11(6-26)31-19/h3-4,7-8,11,14-15,19,26-28H,5-6H2,1-2H3,(H,21,22,23)/t11-,14-,15-,19-/m1/s1. The summed E-state index contributed by atoms with van der Waals surface area (Å²) in [6.07, 6.45) is -1.52. The third-order valence-corrected chi connectivity index (χ3v) is 5.58. The van der Waals surface area contributed by atoms with Crippen molar-refractivity contribution in [2.24, 2.45) is 0 Å². The van der Waals surface area contributed by atoms with Crippen LogP contribution in [0.25, 0.3) is 11.2 Å². The molecule has 3 heterocycles. The van der Waals surface area contributed by atoms with E-state index in [9.17, 15) is 15.3 Å². The van der Waals surface area contributed by atoms with E-state index in [1.54, 1.807) is 6.07 Å². The Kier molecular flexibility index (Phi) is 6.12. The summed E-state index contributed by atoms with van der Waals surface area (Å²) in [6, 6.07) is 3.57. The number of benzene rings is 1. The normalized spacial score (nSPS) is 23.3. The highest BCUT2D eigenvalue weighted by Gasteiger charge is 2.44. The second-order valence-electron chi connectivity index (χ2n) is 6.90. The molecule has 1 saturated heterocycles. The number of rotatable bonds is 7. The summed E-state index contributed by atoms with van der Waals surface area (Å²) >= 11 is 6.44. The maximum absolute atomic E-state index is 10.3. The van der Waals surface area contributed by atoms with Gasteiger partial charge in [-0.3, -0.25) is 4.57 Å². The third-order valence-electron chi connectivity index (χ3n) is 5.16. The Morgan fingerprint density at radius 3 is 2.65 bits per heavy atom. The molecule has 0 radical (unpaired) electrons. The van der Waals surface area contributed by atoms with Gasteiger partial charge in [-0.1, -0.05) is 17.7 Å². The number of imidazole rings is 1. The molecule has 0 unspecified atom stereocenters. The second kappa shape index (κ2) is 8.81. The van der Waals surface area contributed by atoms with Crippen molar-refractivity contribution in [1.82, 2.24) is 19.5 Å². The number of anilines is 1. The predicted octanol–water partition coefficient (Wildman–Crippen LogP) is 0.720. The van der Waals surface area contributed by atoms with Gasteiger partial charge in [0.05, 0.1) is 32.2 Å². The molecule has 0 bridgehead atoms. The van der Waals surface area contributed by atoms with E-state index < -0.39 is 31.1 Å². The number of hydrogen-bond donors (Lipinski definition) is 4. The van der Waals surface area contributed by atoms with Crippen LogP contribution in [0.1, 0.15) is 11.8 Å². The topological polar surface area (TPSA) is 144 Å². The monoisotopic (exact) mass is 451 g/mol. The molecular weight excluding hydrogens is 430 g/mol. The molecule has 0 saturated carbocycles. The van der Waals surface area contributed by atoms with Crippen LogP contribution in [0.2, 0.25) is 5.02 Å². The first-order chi connectivity index (χ1) is 15.0. The van der Waals surface area contributed by atoms with E-state index >= 15 is 0 Å². The number of aliphatic hydroxyl groups excluding tert-OH is 3. The highest BCUT2D eigenvalue weighted by atomic mass is 35.5. The number of aliphatic hydroxyl groups is 3. The molecule has 2 aromatic heterocycles. The Morgan fingerprint density at radius 2 is 1.97 bits per heavy atom. The van der Waals surface area contributed by atoms with Gasteiger partial charge in [0.1, 0.15) is 24.6 Å². The van der Waals surface area contributed by atoms with Crippen LogP contribution in [0.15, 0.2) is 24.8 Å². The summed E-state index contributed by atoms with van der Waals surface area (Å²) < 4.78 is 17.6.